The molecule has 5 rings (SSSR count). The van der Waals surface area contributed by atoms with Crippen LogP contribution in [0.15, 0.2) is 53.5 Å². The summed E-state index contributed by atoms with van der Waals surface area (Å²) in [4.78, 5) is 38.1. The zero-order valence-electron chi connectivity index (χ0n) is 29.5. The molecular formula is C38H48N6O6. The second kappa shape index (κ2) is 17.5. The monoisotopic (exact) mass is 684 g/mol. The fourth-order valence-corrected chi connectivity index (χ4v) is 6.63. The number of benzene rings is 1. The summed E-state index contributed by atoms with van der Waals surface area (Å²) in [6, 6.07) is 12.8. The Morgan fingerprint density at radius 2 is 1.70 bits per heavy atom. The second-order valence-electron chi connectivity index (χ2n) is 12.5. The predicted octanol–water partition coefficient (Wildman–Crippen LogP) is 5.41. The molecule has 4 aromatic rings. The van der Waals surface area contributed by atoms with Gasteiger partial charge >= 0.3 is 0 Å². The highest BCUT2D eigenvalue weighted by Crippen LogP contribution is 2.50. The summed E-state index contributed by atoms with van der Waals surface area (Å²) in [7, 11) is 4.72. The van der Waals surface area contributed by atoms with E-state index in [1.807, 2.05) is 40.9 Å². The highest BCUT2D eigenvalue weighted by Gasteiger charge is 2.29. The molecule has 2 amide bonds. The first-order chi connectivity index (χ1) is 24.3. The Labute approximate surface area is 292 Å². The van der Waals surface area contributed by atoms with Crippen LogP contribution in [0.1, 0.15) is 81.3 Å². The molecule has 2 aromatic carbocycles. The lowest BCUT2D eigenvalue weighted by atomic mass is 9.95. The first-order valence-corrected chi connectivity index (χ1v) is 17.4. The summed E-state index contributed by atoms with van der Waals surface area (Å²) in [6.45, 7) is 2.74. The molecule has 0 unspecified atom stereocenters. The van der Waals surface area contributed by atoms with Gasteiger partial charge in [-0.15, -0.1) is 10.2 Å². The van der Waals surface area contributed by atoms with Crippen molar-refractivity contribution in [3.63, 3.8) is 0 Å². The number of unbranched alkanes of at least 4 members (excludes halogenated alkanes) is 4. The Kier molecular flexibility index (Phi) is 12.7. The number of amides is 2. The molecule has 0 saturated carbocycles. The summed E-state index contributed by atoms with van der Waals surface area (Å²) in [5.41, 5.74) is 4.45. The van der Waals surface area contributed by atoms with Gasteiger partial charge in [0.15, 0.2) is 17.1 Å². The van der Waals surface area contributed by atoms with Crippen LogP contribution in [0.3, 0.4) is 0 Å². The number of carbonyl (C=O) groups is 2. The van der Waals surface area contributed by atoms with Gasteiger partial charge in [-0.1, -0.05) is 25.0 Å². The number of fused-ring (bicyclic) bond motifs is 4. The predicted molar refractivity (Wildman–Crippen MR) is 193 cm³/mol. The molecule has 0 radical (unpaired) electrons. The van der Waals surface area contributed by atoms with Crippen LogP contribution in [0.4, 0.5) is 5.69 Å². The van der Waals surface area contributed by atoms with E-state index in [0.29, 0.717) is 55.3 Å². The van der Waals surface area contributed by atoms with Gasteiger partial charge in [0.1, 0.15) is 5.82 Å². The Hall–Kier alpha value is -5.13. The smallest absolute Gasteiger partial charge is 0.219 e. The number of nitrogens with one attached hydrogen (secondary N) is 3. The quantitative estimate of drug-likeness (QED) is 0.124. The number of rotatable bonds is 17. The molecule has 1 aliphatic carbocycles. The second-order valence-corrected chi connectivity index (χ2v) is 12.5. The Morgan fingerprint density at radius 1 is 0.900 bits per heavy atom. The number of nitrogens with zero attached hydrogens (tertiary/aromatic N) is 3. The molecule has 12 nitrogen and oxygen atoms in total. The number of anilines is 1. The van der Waals surface area contributed by atoms with Crippen LogP contribution in [-0.2, 0) is 22.4 Å². The van der Waals surface area contributed by atoms with Crippen molar-refractivity contribution in [1.29, 1.82) is 0 Å². The highest BCUT2D eigenvalue weighted by atomic mass is 16.5. The van der Waals surface area contributed by atoms with Crippen LogP contribution in [0.25, 0.3) is 16.8 Å². The van der Waals surface area contributed by atoms with Gasteiger partial charge < -0.3 is 30.2 Å². The van der Waals surface area contributed by atoms with E-state index in [1.165, 1.54) is 6.92 Å². The van der Waals surface area contributed by atoms with Crippen molar-refractivity contribution >= 4 is 23.1 Å². The largest absolute Gasteiger partial charge is 0.493 e. The van der Waals surface area contributed by atoms with Crippen LogP contribution in [0, 0.1) is 0 Å². The van der Waals surface area contributed by atoms with Gasteiger partial charge in [0.25, 0.3) is 0 Å². The van der Waals surface area contributed by atoms with Crippen LogP contribution in [-0.4, -0.2) is 60.8 Å². The molecule has 0 spiro atoms. The average molecular weight is 685 g/mol. The average Bonchev–Trinajstić information content (AvgIpc) is 3.38. The number of methoxy groups -OCH3 is 3. The molecule has 0 fully saturated rings. The summed E-state index contributed by atoms with van der Waals surface area (Å²) in [6.07, 6.45) is 9.91. The number of ether oxygens (including phenoxy) is 3. The minimum absolute atomic E-state index is 0.0681. The zero-order chi connectivity index (χ0) is 35.5. The van der Waals surface area contributed by atoms with Crippen molar-refractivity contribution in [2.45, 2.75) is 77.2 Å². The molecule has 0 saturated heterocycles. The van der Waals surface area contributed by atoms with Crippen LogP contribution in [0.2, 0.25) is 0 Å². The van der Waals surface area contributed by atoms with Gasteiger partial charge in [-0.25, -0.2) is 0 Å². The third-order valence-electron chi connectivity index (χ3n) is 9.10. The van der Waals surface area contributed by atoms with E-state index >= 15 is 0 Å². The van der Waals surface area contributed by atoms with Crippen molar-refractivity contribution in [1.82, 2.24) is 25.2 Å². The minimum Gasteiger partial charge on any atom is -0.493 e. The maximum Gasteiger partial charge on any atom is 0.219 e. The van der Waals surface area contributed by atoms with Crippen LogP contribution >= 0.6 is 0 Å². The van der Waals surface area contributed by atoms with Gasteiger partial charge in [0.05, 0.1) is 33.1 Å². The molecule has 1 atom stereocenters. The lowest BCUT2D eigenvalue weighted by Gasteiger charge is -2.19. The van der Waals surface area contributed by atoms with Crippen molar-refractivity contribution in [3.05, 3.63) is 75.8 Å². The van der Waals surface area contributed by atoms with Crippen molar-refractivity contribution in [2.75, 3.05) is 39.7 Å². The van der Waals surface area contributed by atoms with E-state index < -0.39 is 0 Å². The van der Waals surface area contributed by atoms with Crippen molar-refractivity contribution < 1.29 is 23.8 Å². The zero-order valence-corrected chi connectivity index (χ0v) is 29.5. The van der Waals surface area contributed by atoms with E-state index in [1.54, 1.807) is 33.5 Å². The van der Waals surface area contributed by atoms with E-state index in [0.717, 1.165) is 78.7 Å². The third-order valence-corrected chi connectivity index (χ3v) is 9.10. The molecule has 1 aliphatic rings. The van der Waals surface area contributed by atoms with E-state index in [2.05, 4.69) is 26.1 Å². The Morgan fingerprint density at radius 3 is 2.48 bits per heavy atom. The van der Waals surface area contributed by atoms with E-state index in [4.69, 9.17) is 14.2 Å². The maximum atomic E-state index is 13.5. The van der Waals surface area contributed by atoms with Crippen molar-refractivity contribution in [3.8, 4) is 28.4 Å². The van der Waals surface area contributed by atoms with E-state index in [-0.39, 0.29) is 23.3 Å². The fourth-order valence-electron chi connectivity index (χ4n) is 6.63. The number of carbonyl (C=O) groups excluding carboxylic acids is 2. The normalized spacial score (nSPS) is 13.5. The molecular weight excluding hydrogens is 636 g/mol. The topological polar surface area (TPSA) is 145 Å². The number of aromatic nitrogens is 3. The SMILES string of the molecule is COc1cc2c(c(OC)c1OC)-c1ccc(NCCCCCC(=O)NCCCCCc3nnc4ccccn34)c(=O)cc1[C@@H](NC(C)=O)CC2. The van der Waals surface area contributed by atoms with Gasteiger partial charge in [-0.05, 0) is 85.5 Å². The summed E-state index contributed by atoms with van der Waals surface area (Å²) in [5, 5.41) is 17.8. The van der Waals surface area contributed by atoms with Crippen LogP contribution < -0.4 is 35.6 Å². The molecule has 3 N–H and O–H groups in total. The molecule has 2 heterocycles. The number of aryl methyl sites for hydroxylation is 2. The summed E-state index contributed by atoms with van der Waals surface area (Å²) in [5.74, 6) is 2.39. The summed E-state index contributed by atoms with van der Waals surface area (Å²) >= 11 is 0. The van der Waals surface area contributed by atoms with E-state index in [9.17, 15) is 14.4 Å². The third kappa shape index (κ3) is 8.71. The fraction of sp³-hybridized carbons (Fsp3) is 0.447. The molecule has 0 bridgehead atoms. The number of pyridine rings is 1. The van der Waals surface area contributed by atoms with Gasteiger partial charge in [0.2, 0.25) is 23.0 Å². The molecule has 50 heavy (non-hydrogen) atoms. The first kappa shape index (κ1) is 36.2. The van der Waals surface area contributed by atoms with Gasteiger partial charge in [-0.3, -0.25) is 18.8 Å². The lowest BCUT2D eigenvalue weighted by molar-refractivity contribution is -0.121. The summed E-state index contributed by atoms with van der Waals surface area (Å²) < 4.78 is 19.1. The van der Waals surface area contributed by atoms with Crippen LogP contribution in [0.5, 0.6) is 17.2 Å². The number of hydrogen-bond donors (Lipinski definition) is 3. The van der Waals surface area contributed by atoms with Gasteiger partial charge in [-0.2, -0.15) is 0 Å². The minimum atomic E-state index is -0.365. The van der Waals surface area contributed by atoms with Gasteiger partial charge in [0, 0.05) is 44.6 Å². The molecule has 2 aromatic heterocycles. The Balaban J connectivity index is 1.12. The first-order valence-electron chi connectivity index (χ1n) is 17.4. The molecule has 12 heteroatoms. The molecule has 266 valence electrons. The lowest BCUT2D eigenvalue weighted by Crippen LogP contribution is -2.26. The number of hydrogen-bond acceptors (Lipinski definition) is 9. The highest BCUT2D eigenvalue weighted by molar-refractivity contribution is 5.83. The Bertz CT molecular complexity index is 1860. The molecule has 0 aliphatic heterocycles. The van der Waals surface area contributed by atoms with Crippen molar-refractivity contribution in [2.24, 2.45) is 0 Å². The maximum absolute atomic E-state index is 13.5. The standard InChI is InChI=1S/C38H48N6O6/c1-25(45)41-29-18-16-26-23-32(48-2)37(49-3)38(50-4)36(26)27-17-19-30(31(46)24-28(27)29)39-20-10-6-8-15-35(47)40-21-11-5-7-13-33-42-43-34-14-9-12-22-44(33)34/h9,12,14,17,19,22-24,29H,5-8,10-11,13,15-16,18,20-21H2,1-4H3,(H,39,46)(H,40,47)(H,41,45)/t29-/m0/s1.